The Balaban J connectivity index is 1.36. The van der Waals surface area contributed by atoms with Crippen molar-refractivity contribution in [1.29, 1.82) is 0 Å². The average Bonchev–Trinajstić information content (AvgIpc) is 3.08. The molecule has 2 aliphatic heterocycles. The molecule has 33 heavy (non-hydrogen) atoms. The highest BCUT2D eigenvalue weighted by Crippen LogP contribution is 2.30. The number of piperazine rings is 1. The summed E-state index contributed by atoms with van der Waals surface area (Å²) in [5, 5.41) is 2.08. The Morgan fingerprint density at radius 2 is 1.76 bits per heavy atom. The van der Waals surface area contributed by atoms with Crippen LogP contribution in [-0.2, 0) is 9.59 Å². The number of carbonyl (C=O) groups is 4. The van der Waals surface area contributed by atoms with Crippen molar-refractivity contribution in [3.8, 4) is 0 Å². The summed E-state index contributed by atoms with van der Waals surface area (Å²) in [4.78, 5) is 54.0. The second-order valence-electron chi connectivity index (χ2n) is 9.57. The van der Waals surface area contributed by atoms with E-state index in [1.54, 1.807) is 13.0 Å². The number of carbonyl (C=O) groups excluding carboxylic acids is 4. The van der Waals surface area contributed by atoms with Gasteiger partial charge in [0.25, 0.3) is 11.8 Å². The molecule has 1 aliphatic carbocycles. The van der Waals surface area contributed by atoms with E-state index in [4.69, 9.17) is 0 Å². The van der Waals surface area contributed by atoms with Gasteiger partial charge in [-0.15, -0.1) is 0 Å². The summed E-state index contributed by atoms with van der Waals surface area (Å²) >= 11 is 0. The molecule has 3 aliphatic rings. The minimum atomic E-state index is -0.429. The van der Waals surface area contributed by atoms with E-state index in [1.807, 2.05) is 12.1 Å². The van der Waals surface area contributed by atoms with Gasteiger partial charge < -0.3 is 4.90 Å². The minimum absolute atomic E-state index is 0.0731. The second kappa shape index (κ2) is 10.5. The standard InChI is InChI=1S/C25H34N4O4/c1-18(7-10-23(31)26-17-30)29-24(32)21-9-8-20(15-22(21)25(29)33)28-13-11-27(12-14-28)16-19-5-3-2-4-6-19/h8-9,15,17-19H,2-7,10-14,16H2,1H3,(H,26,30,31). The zero-order valence-corrected chi connectivity index (χ0v) is 19.4. The van der Waals surface area contributed by atoms with E-state index in [2.05, 4.69) is 15.1 Å². The van der Waals surface area contributed by atoms with Crippen LogP contribution in [0.3, 0.4) is 0 Å². The Bertz CT molecular complexity index is 904. The SMILES string of the molecule is CC(CCC(=O)NC=O)N1C(=O)c2ccc(N3CCN(CC4CCCCC4)CC3)cc2C1=O. The van der Waals surface area contributed by atoms with Crippen molar-refractivity contribution in [3.05, 3.63) is 29.3 Å². The number of fused-ring (bicyclic) bond motifs is 1. The molecule has 178 valence electrons. The fourth-order valence-corrected chi connectivity index (χ4v) is 5.37. The van der Waals surface area contributed by atoms with Gasteiger partial charge in [0, 0.05) is 50.9 Å². The maximum Gasteiger partial charge on any atom is 0.261 e. The lowest BCUT2D eigenvalue weighted by atomic mass is 9.89. The van der Waals surface area contributed by atoms with Crippen LogP contribution in [0.15, 0.2) is 18.2 Å². The number of anilines is 1. The molecule has 2 fully saturated rings. The molecule has 0 aromatic heterocycles. The van der Waals surface area contributed by atoms with Gasteiger partial charge in [-0.05, 0) is 50.3 Å². The molecule has 1 N–H and O–H groups in total. The number of rotatable bonds is 8. The van der Waals surface area contributed by atoms with Crippen LogP contribution in [0, 0.1) is 5.92 Å². The van der Waals surface area contributed by atoms with E-state index in [0.717, 1.165) is 37.8 Å². The fraction of sp³-hybridized carbons (Fsp3) is 0.600. The van der Waals surface area contributed by atoms with Crippen LogP contribution >= 0.6 is 0 Å². The molecule has 4 rings (SSSR count). The monoisotopic (exact) mass is 454 g/mol. The van der Waals surface area contributed by atoms with Crippen LogP contribution in [0.2, 0.25) is 0 Å². The maximum absolute atomic E-state index is 13.0. The van der Waals surface area contributed by atoms with Crippen LogP contribution in [0.1, 0.15) is 72.6 Å². The summed E-state index contributed by atoms with van der Waals surface area (Å²) in [6.45, 7) is 6.82. The first-order valence-corrected chi connectivity index (χ1v) is 12.2. The molecule has 1 atom stereocenters. The first-order valence-electron chi connectivity index (χ1n) is 12.2. The summed E-state index contributed by atoms with van der Waals surface area (Å²) in [5.41, 5.74) is 1.84. The van der Waals surface area contributed by atoms with Gasteiger partial charge in [0.15, 0.2) is 0 Å². The van der Waals surface area contributed by atoms with Gasteiger partial charge in [-0.3, -0.25) is 34.3 Å². The quantitative estimate of drug-likeness (QED) is 0.479. The van der Waals surface area contributed by atoms with Gasteiger partial charge >= 0.3 is 0 Å². The van der Waals surface area contributed by atoms with E-state index in [9.17, 15) is 19.2 Å². The zero-order chi connectivity index (χ0) is 23.4. The number of nitrogens with one attached hydrogen (secondary N) is 1. The van der Waals surface area contributed by atoms with Crippen molar-refractivity contribution in [3.63, 3.8) is 0 Å². The molecule has 0 radical (unpaired) electrons. The molecule has 1 saturated heterocycles. The van der Waals surface area contributed by atoms with Crippen molar-refractivity contribution in [2.75, 3.05) is 37.6 Å². The third-order valence-electron chi connectivity index (χ3n) is 7.33. The highest BCUT2D eigenvalue weighted by atomic mass is 16.2. The molecule has 1 aromatic carbocycles. The topological polar surface area (TPSA) is 90.0 Å². The fourth-order valence-electron chi connectivity index (χ4n) is 5.37. The van der Waals surface area contributed by atoms with Gasteiger partial charge in [-0.25, -0.2) is 0 Å². The Morgan fingerprint density at radius 3 is 2.45 bits per heavy atom. The van der Waals surface area contributed by atoms with Crippen LogP contribution in [0.4, 0.5) is 5.69 Å². The van der Waals surface area contributed by atoms with Crippen molar-refractivity contribution in [2.24, 2.45) is 5.92 Å². The van der Waals surface area contributed by atoms with Crippen LogP contribution in [0.25, 0.3) is 0 Å². The molecule has 0 bridgehead atoms. The van der Waals surface area contributed by atoms with E-state index < -0.39 is 11.9 Å². The zero-order valence-electron chi connectivity index (χ0n) is 19.4. The van der Waals surface area contributed by atoms with Crippen LogP contribution < -0.4 is 10.2 Å². The highest BCUT2D eigenvalue weighted by Gasteiger charge is 2.39. The molecule has 8 nitrogen and oxygen atoms in total. The predicted octanol–water partition coefficient (Wildman–Crippen LogP) is 2.43. The summed E-state index contributed by atoms with van der Waals surface area (Å²) in [6, 6.07) is 5.11. The average molecular weight is 455 g/mol. The number of imide groups is 2. The number of hydrogen-bond donors (Lipinski definition) is 1. The Hall–Kier alpha value is -2.74. The molecule has 1 unspecified atom stereocenters. The Morgan fingerprint density at radius 1 is 1.06 bits per heavy atom. The molecule has 1 saturated carbocycles. The van der Waals surface area contributed by atoms with Gasteiger partial charge in [-0.1, -0.05) is 19.3 Å². The van der Waals surface area contributed by atoms with Crippen molar-refractivity contribution in [2.45, 2.75) is 57.9 Å². The lowest BCUT2D eigenvalue weighted by Crippen LogP contribution is -2.48. The third kappa shape index (κ3) is 5.27. The molecule has 8 heteroatoms. The number of amides is 4. The van der Waals surface area contributed by atoms with Gasteiger partial charge in [0.2, 0.25) is 12.3 Å². The summed E-state index contributed by atoms with van der Waals surface area (Å²) in [7, 11) is 0. The first-order chi connectivity index (χ1) is 16.0. The normalized spacial score (nSPS) is 20.6. The van der Waals surface area contributed by atoms with Gasteiger partial charge in [0.05, 0.1) is 11.1 Å². The molecular formula is C25H34N4O4. The highest BCUT2D eigenvalue weighted by molar-refractivity contribution is 6.22. The first kappa shape index (κ1) is 23.4. The summed E-state index contributed by atoms with van der Waals surface area (Å²) in [6.07, 6.45) is 7.56. The lowest BCUT2D eigenvalue weighted by Gasteiger charge is -2.38. The van der Waals surface area contributed by atoms with Crippen LogP contribution in [-0.4, -0.2) is 72.7 Å². The summed E-state index contributed by atoms with van der Waals surface area (Å²) < 4.78 is 0. The van der Waals surface area contributed by atoms with Gasteiger partial charge in [0.1, 0.15) is 0 Å². The Kier molecular flexibility index (Phi) is 7.42. The van der Waals surface area contributed by atoms with Gasteiger partial charge in [-0.2, -0.15) is 0 Å². The smallest absolute Gasteiger partial charge is 0.261 e. The minimum Gasteiger partial charge on any atom is -0.369 e. The largest absolute Gasteiger partial charge is 0.369 e. The molecule has 0 spiro atoms. The van der Waals surface area contributed by atoms with E-state index in [1.165, 1.54) is 43.5 Å². The third-order valence-corrected chi connectivity index (χ3v) is 7.33. The number of nitrogens with zero attached hydrogens (tertiary/aromatic N) is 3. The maximum atomic E-state index is 13.0. The lowest BCUT2D eigenvalue weighted by molar-refractivity contribution is -0.125. The van der Waals surface area contributed by atoms with Crippen LogP contribution in [0.5, 0.6) is 0 Å². The van der Waals surface area contributed by atoms with Crippen molar-refractivity contribution >= 4 is 29.8 Å². The van der Waals surface area contributed by atoms with E-state index in [0.29, 0.717) is 24.0 Å². The molecule has 2 heterocycles. The van der Waals surface area contributed by atoms with Crippen molar-refractivity contribution in [1.82, 2.24) is 15.1 Å². The van der Waals surface area contributed by atoms with E-state index >= 15 is 0 Å². The second-order valence-corrected chi connectivity index (χ2v) is 9.57. The molecular weight excluding hydrogens is 420 g/mol. The number of benzene rings is 1. The van der Waals surface area contributed by atoms with Crippen molar-refractivity contribution < 1.29 is 19.2 Å². The molecule has 1 aromatic rings. The summed E-state index contributed by atoms with van der Waals surface area (Å²) in [5.74, 6) is -0.206. The van der Waals surface area contributed by atoms with E-state index in [-0.39, 0.29) is 18.2 Å². The number of hydrogen-bond acceptors (Lipinski definition) is 6. The predicted molar refractivity (Wildman–Crippen MR) is 125 cm³/mol. The Labute approximate surface area is 195 Å². The molecule has 4 amide bonds.